The molecular weight excluding hydrogens is 254 g/mol. The summed E-state index contributed by atoms with van der Waals surface area (Å²) in [6.07, 6.45) is 2.84. The molecule has 102 valence electrons. The van der Waals surface area contributed by atoms with Crippen LogP contribution in [0.1, 0.15) is 21.0 Å². The molecule has 0 unspecified atom stereocenters. The molecule has 2 heterocycles. The fourth-order valence-electron chi connectivity index (χ4n) is 2.07. The van der Waals surface area contributed by atoms with Gasteiger partial charge in [-0.05, 0) is 37.7 Å². The van der Waals surface area contributed by atoms with Gasteiger partial charge in [0.1, 0.15) is 0 Å². The van der Waals surface area contributed by atoms with Gasteiger partial charge in [0.15, 0.2) is 0 Å². The van der Waals surface area contributed by atoms with Gasteiger partial charge in [-0.25, -0.2) is 0 Å². The van der Waals surface area contributed by atoms with E-state index in [-0.39, 0.29) is 0 Å². The quantitative estimate of drug-likeness (QED) is 0.881. The van der Waals surface area contributed by atoms with Crippen molar-refractivity contribution < 1.29 is 0 Å². The van der Waals surface area contributed by atoms with E-state index in [4.69, 9.17) is 5.73 Å². The lowest BCUT2D eigenvalue weighted by Gasteiger charge is -2.16. The van der Waals surface area contributed by atoms with Crippen LogP contribution in [-0.4, -0.2) is 23.5 Å². The third kappa shape index (κ3) is 4.13. The normalized spacial score (nSPS) is 11.2. The Labute approximate surface area is 119 Å². The molecule has 2 aromatic heterocycles. The number of hydrogen-bond acceptors (Lipinski definition) is 4. The SMILES string of the molecule is Cc1sc(CN)cc1CN(C)CCc1ccccn1. The molecule has 0 bridgehead atoms. The summed E-state index contributed by atoms with van der Waals surface area (Å²) in [6, 6.07) is 8.31. The molecule has 0 aliphatic rings. The van der Waals surface area contributed by atoms with Gasteiger partial charge in [0.25, 0.3) is 0 Å². The Balaban J connectivity index is 1.87. The maximum absolute atomic E-state index is 5.69. The number of aromatic nitrogens is 1. The molecule has 0 amide bonds. The Morgan fingerprint density at radius 1 is 1.37 bits per heavy atom. The second kappa shape index (κ2) is 6.80. The summed E-state index contributed by atoms with van der Waals surface area (Å²) in [6.45, 7) is 4.81. The van der Waals surface area contributed by atoms with Crippen molar-refractivity contribution in [2.45, 2.75) is 26.4 Å². The fraction of sp³-hybridized carbons (Fsp3) is 0.400. The Morgan fingerprint density at radius 2 is 2.21 bits per heavy atom. The van der Waals surface area contributed by atoms with E-state index < -0.39 is 0 Å². The Morgan fingerprint density at radius 3 is 2.84 bits per heavy atom. The molecule has 0 saturated carbocycles. The van der Waals surface area contributed by atoms with Crippen molar-refractivity contribution in [1.29, 1.82) is 0 Å². The minimum absolute atomic E-state index is 0.642. The molecule has 2 rings (SSSR count). The van der Waals surface area contributed by atoms with Gasteiger partial charge in [0.2, 0.25) is 0 Å². The number of nitrogens with zero attached hydrogens (tertiary/aromatic N) is 2. The molecule has 2 N–H and O–H groups in total. The maximum Gasteiger partial charge on any atom is 0.0416 e. The first-order valence-corrected chi connectivity index (χ1v) is 7.37. The Bertz CT molecular complexity index is 507. The van der Waals surface area contributed by atoms with E-state index in [0.717, 1.165) is 25.2 Å². The molecule has 3 nitrogen and oxygen atoms in total. The van der Waals surface area contributed by atoms with Crippen LogP contribution in [0.2, 0.25) is 0 Å². The van der Waals surface area contributed by atoms with Crippen molar-refractivity contribution in [3.63, 3.8) is 0 Å². The zero-order valence-electron chi connectivity index (χ0n) is 11.6. The maximum atomic E-state index is 5.69. The lowest BCUT2D eigenvalue weighted by Crippen LogP contribution is -2.21. The number of likely N-dealkylation sites (N-methyl/N-ethyl adjacent to an activating group) is 1. The lowest BCUT2D eigenvalue weighted by molar-refractivity contribution is 0.330. The molecule has 0 atom stereocenters. The largest absolute Gasteiger partial charge is 0.326 e. The monoisotopic (exact) mass is 275 g/mol. The van der Waals surface area contributed by atoms with E-state index in [9.17, 15) is 0 Å². The first-order chi connectivity index (χ1) is 9.19. The molecule has 0 aromatic carbocycles. The van der Waals surface area contributed by atoms with E-state index in [1.54, 1.807) is 11.3 Å². The van der Waals surface area contributed by atoms with Crippen LogP contribution in [0, 0.1) is 6.92 Å². The van der Waals surface area contributed by atoms with Gasteiger partial charge in [-0.3, -0.25) is 4.98 Å². The van der Waals surface area contributed by atoms with Crippen LogP contribution in [0.15, 0.2) is 30.5 Å². The van der Waals surface area contributed by atoms with E-state index in [1.807, 2.05) is 18.3 Å². The summed E-state index contributed by atoms with van der Waals surface area (Å²) in [5, 5.41) is 0. The molecule has 0 radical (unpaired) electrons. The first-order valence-electron chi connectivity index (χ1n) is 6.55. The zero-order chi connectivity index (χ0) is 13.7. The molecule has 19 heavy (non-hydrogen) atoms. The van der Waals surface area contributed by atoms with Gasteiger partial charge in [-0.1, -0.05) is 6.07 Å². The van der Waals surface area contributed by atoms with Gasteiger partial charge in [-0.2, -0.15) is 0 Å². The van der Waals surface area contributed by atoms with E-state index in [2.05, 4.69) is 36.0 Å². The molecule has 2 aromatic rings. The van der Waals surface area contributed by atoms with Crippen molar-refractivity contribution in [2.75, 3.05) is 13.6 Å². The van der Waals surface area contributed by atoms with Crippen molar-refractivity contribution in [3.8, 4) is 0 Å². The minimum Gasteiger partial charge on any atom is -0.326 e. The predicted molar refractivity (Wildman–Crippen MR) is 81.2 cm³/mol. The topological polar surface area (TPSA) is 42.1 Å². The Hall–Kier alpha value is -1.23. The highest BCUT2D eigenvalue weighted by molar-refractivity contribution is 7.12. The number of rotatable bonds is 6. The van der Waals surface area contributed by atoms with E-state index in [0.29, 0.717) is 6.54 Å². The summed E-state index contributed by atoms with van der Waals surface area (Å²) in [5.41, 5.74) is 8.24. The van der Waals surface area contributed by atoms with Crippen LogP contribution < -0.4 is 5.73 Å². The van der Waals surface area contributed by atoms with Gasteiger partial charge < -0.3 is 10.6 Å². The molecule has 0 fully saturated rings. The van der Waals surface area contributed by atoms with Crippen LogP contribution in [0.4, 0.5) is 0 Å². The van der Waals surface area contributed by atoms with Crippen LogP contribution in [0.5, 0.6) is 0 Å². The zero-order valence-corrected chi connectivity index (χ0v) is 12.4. The van der Waals surface area contributed by atoms with Gasteiger partial charge in [-0.15, -0.1) is 11.3 Å². The highest BCUT2D eigenvalue weighted by atomic mass is 32.1. The number of hydrogen-bond donors (Lipinski definition) is 1. The average Bonchev–Trinajstić information content (AvgIpc) is 2.78. The number of pyridine rings is 1. The second-order valence-electron chi connectivity index (χ2n) is 4.81. The molecular formula is C15H21N3S. The molecule has 4 heteroatoms. The van der Waals surface area contributed by atoms with Gasteiger partial charge in [0.05, 0.1) is 0 Å². The summed E-state index contributed by atoms with van der Waals surface area (Å²) < 4.78 is 0. The average molecular weight is 275 g/mol. The van der Waals surface area contributed by atoms with Gasteiger partial charge >= 0.3 is 0 Å². The summed E-state index contributed by atoms with van der Waals surface area (Å²) in [5.74, 6) is 0. The van der Waals surface area contributed by atoms with Crippen molar-refractivity contribution in [3.05, 3.63) is 51.5 Å². The van der Waals surface area contributed by atoms with Crippen molar-refractivity contribution >= 4 is 11.3 Å². The van der Waals surface area contributed by atoms with Gasteiger partial charge in [0, 0.05) is 47.7 Å². The summed E-state index contributed by atoms with van der Waals surface area (Å²) in [4.78, 5) is 9.34. The number of aryl methyl sites for hydroxylation is 1. The lowest BCUT2D eigenvalue weighted by atomic mass is 10.2. The second-order valence-corrected chi connectivity index (χ2v) is 6.15. The highest BCUT2D eigenvalue weighted by Crippen LogP contribution is 2.22. The van der Waals surface area contributed by atoms with E-state index in [1.165, 1.54) is 15.3 Å². The molecule has 0 aliphatic carbocycles. The van der Waals surface area contributed by atoms with Crippen LogP contribution in [0.25, 0.3) is 0 Å². The van der Waals surface area contributed by atoms with Crippen LogP contribution >= 0.6 is 11.3 Å². The number of nitrogens with two attached hydrogens (primary N) is 1. The summed E-state index contributed by atoms with van der Waals surface area (Å²) >= 11 is 1.81. The highest BCUT2D eigenvalue weighted by Gasteiger charge is 2.07. The predicted octanol–water partition coefficient (Wildman–Crippen LogP) is 2.58. The fourth-order valence-corrected chi connectivity index (χ4v) is 3.00. The third-order valence-electron chi connectivity index (χ3n) is 3.19. The smallest absolute Gasteiger partial charge is 0.0416 e. The minimum atomic E-state index is 0.642. The Kier molecular flexibility index (Phi) is 5.07. The summed E-state index contributed by atoms with van der Waals surface area (Å²) in [7, 11) is 2.15. The molecule has 0 aliphatic heterocycles. The number of thiophene rings is 1. The van der Waals surface area contributed by atoms with Crippen molar-refractivity contribution in [2.24, 2.45) is 5.73 Å². The van der Waals surface area contributed by atoms with E-state index >= 15 is 0 Å². The van der Waals surface area contributed by atoms with Crippen LogP contribution in [-0.2, 0) is 19.5 Å². The third-order valence-corrected chi connectivity index (χ3v) is 4.30. The molecule has 0 saturated heterocycles. The molecule has 0 spiro atoms. The standard InChI is InChI=1S/C15H21N3S/c1-12-13(9-15(10-16)19-12)11-18(2)8-6-14-5-3-4-7-17-14/h3-5,7,9H,6,8,10-11,16H2,1-2H3. The van der Waals surface area contributed by atoms with Crippen molar-refractivity contribution in [1.82, 2.24) is 9.88 Å². The van der Waals surface area contributed by atoms with Crippen LogP contribution in [0.3, 0.4) is 0 Å². The first kappa shape index (κ1) is 14.2.